The van der Waals surface area contributed by atoms with Crippen LogP contribution in [0.5, 0.6) is 17.2 Å². The maximum absolute atomic E-state index is 12.7. The minimum atomic E-state index is -0.133. The fourth-order valence-electron chi connectivity index (χ4n) is 3.08. The van der Waals surface area contributed by atoms with Gasteiger partial charge in [0.05, 0.1) is 21.3 Å². The van der Waals surface area contributed by atoms with Crippen molar-refractivity contribution >= 4 is 17.7 Å². The molecule has 138 valence electrons. The summed E-state index contributed by atoms with van der Waals surface area (Å²) in [6, 6.07) is 13.8. The summed E-state index contributed by atoms with van der Waals surface area (Å²) in [6.45, 7) is 0.564. The standard InChI is InChI=1S/C20H23NO4S/c1-23-16-12-18(25-3)17(24-2)11-15(16)20-21(19(22)9-10-26-20)13-14-7-5-4-6-8-14/h4-8,11-12,20H,9-10,13H2,1-3H3. The maximum Gasteiger partial charge on any atom is 0.224 e. The Hall–Kier alpha value is -2.34. The van der Waals surface area contributed by atoms with E-state index in [1.807, 2.05) is 47.4 Å². The van der Waals surface area contributed by atoms with Gasteiger partial charge in [-0.05, 0) is 11.6 Å². The Balaban J connectivity index is 2.00. The third-order valence-electron chi connectivity index (χ3n) is 4.39. The van der Waals surface area contributed by atoms with Crippen molar-refractivity contribution in [3.8, 4) is 17.2 Å². The molecule has 2 aromatic carbocycles. The minimum Gasteiger partial charge on any atom is -0.496 e. The van der Waals surface area contributed by atoms with Crippen LogP contribution in [0, 0.1) is 0 Å². The quantitative estimate of drug-likeness (QED) is 0.769. The molecule has 0 saturated carbocycles. The first-order chi connectivity index (χ1) is 12.7. The molecule has 5 nitrogen and oxygen atoms in total. The molecule has 26 heavy (non-hydrogen) atoms. The van der Waals surface area contributed by atoms with Crippen molar-refractivity contribution in [3.63, 3.8) is 0 Å². The lowest BCUT2D eigenvalue weighted by molar-refractivity contribution is -0.132. The highest BCUT2D eigenvalue weighted by Gasteiger charge is 2.32. The number of hydrogen-bond donors (Lipinski definition) is 0. The van der Waals surface area contributed by atoms with Gasteiger partial charge in [-0.25, -0.2) is 0 Å². The van der Waals surface area contributed by atoms with Crippen LogP contribution in [-0.2, 0) is 11.3 Å². The highest BCUT2D eigenvalue weighted by Crippen LogP contribution is 2.45. The number of ether oxygens (including phenoxy) is 3. The van der Waals surface area contributed by atoms with Gasteiger partial charge in [-0.15, -0.1) is 11.8 Å². The molecule has 1 aliphatic rings. The minimum absolute atomic E-state index is 0.133. The molecule has 1 unspecified atom stereocenters. The average Bonchev–Trinajstić information content (AvgIpc) is 2.69. The Morgan fingerprint density at radius 3 is 2.31 bits per heavy atom. The topological polar surface area (TPSA) is 48.0 Å². The van der Waals surface area contributed by atoms with Gasteiger partial charge in [0.15, 0.2) is 11.5 Å². The molecule has 1 amide bonds. The molecular weight excluding hydrogens is 350 g/mol. The Kier molecular flexibility index (Phi) is 5.93. The molecule has 0 spiro atoms. The Morgan fingerprint density at radius 2 is 1.65 bits per heavy atom. The van der Waals surface area contributed by atoms with Crippen molar-refractivity contribution in [1.82, 2.24) is 4.90 Å². The van der Waals surface area contributed by atoms with Crippen molar-refractivity contribution in [2.75, 3.05) is 27.1 Å². The van der Waals surface area contributed by atoms with Gasteiger partial charge >= 0.3 is 0 Å². The number of amides is 1. The van der Waals surface area contributed by atoms with E-state index >= 15 is 0 Å². The molecule has 1 atom stereocenters. The van der Waals surface area contributed by atoms with Crippen LogP contribution in [0.3, 0.4) is 0 Å². The monoisotopic (exact) mass is 373 g/mol. The van der Waals surface area contributed by atoms with E-state index in [2.05, 4.69) is 0 Å². The average molecular weight is 373 g/mol. The largest absolute Gasteiger partial charge is 0.496 e. The van der Waals surface area contributed by atoms with Crippen LogP contribution in [-0.4, -0.2) is 37.9 Å². The Labute approximate surface area is 158 Å². The molecule has 0 aliphatic carbocycles. The summed E-state index contributed by atoms with van der Waals surface area (Å²) in [6.07, 6.45) is 0.545. The fourth-order valence-corrected chi connectivity index (χ4v) is 4.33. The first kappa shape index (κ1) is 18.5. The number of carbonyl (C=O) groups is 1. The van der Waals surface area contributed by atoms with E-state index in [0.717, 1.165) is 16.9 Å². The maximum atomic E-state index is 12.7. The van der Waals surface area contributed by atoms with E-state index in [1.165, 1.54) is 0 Å². The molecule has 0 bridgehead atoms. The molecule has 1 saturated heterocycles. The SMILES string of the molecule is COc1cc(OC)c(C2SCCC(=O)N2Cc2ccccc2)cc1OC. The Morgan fingerprint density at radius 1 is 1.00 bits per heavy atom. The number of nitrogens with zero attached hydrogens (tertiary/aromatic N) is 1. The molecule has 0 radical (unpaired) electrons. The van der Waals surface area contributed by atoms with E-state index in [0.29, 0.717) is 30.2 Å². The summed E-state index contributed by atoms with van der Waals surface area (Å²) >= 11 is 1.74. The first-order valence-corrected chi connectivity index (χ1v) is 9.47. The third-order valence-corrected chi connectivity index (χ3v) is 5.66. The Bertz CT molecular complexity index is 766. The number of carbonyl (C=O) groups excluding carboxylic acids is 1. The van der Waals surface area contributed by atoms with Gasteiger partial charge in [0, 0.05) is 30.3 Å². The van der Waals surface area contributed by atoms with Crippen LogP contribution in [0.15, 0.2) is 42.5 Å². The van der Waals surface area contributed by atoms with Gasteiger partial charge in [0.1, 0.15) is 11.1 Å². The number of rotatable bonds is 6. The van der Waals surface area contributed by atoms with E-state index in [4.69, 9.17) is 14.2 Å². The van der Waals surface area contributed by atoms with Crippen LogP contribution in [0.1, 0.15) is 22.9 Å². The fraction of sp³-hybridized carbons (Fsp3) is 0.350. The van der Waals surface area contributed by atoms with Gasteiger partial charge in [-0.1, -0.05) is 30.3 Å². The second kappa shape index (κ2) is 8.36. The molecule has 3 rings (SSSR count). The number of thioether (sulfide) groups is 1. The van der Waals surface area contributed by atoms with Crippen molar-refractivity contribution in [1.29, 1.82) is 0 Å². The molecule has 6 heteroatoms. The molecule has 0 aromatic heterocycles. The van der Waals surface area contributed by atoms with Crippen LogP contribution >= 0.6 is 11.8 Å². The smallest absolute Gasteiger partial charge is 0.224 e. The lowest BCUT2D eigenvalue weighted by Crippen LogP contribution is -2.36. The lowest BCUT2D eigenvalue weighted by atomic mass is 10.1. The summed E-state index contributed by atoms with van der Waals surface area (Å²) in [5.74, 6) is 2.85. The zero-order chi connectivity index (χ0) is 18.5. The second-order valence-electron chi connectivity index (χ2n) is 5.93. The van der Waals surface area contributed by atoms with E-state index in [1.54, 1.807) is 33.1 Å². The van der Waals surface area contributed by atoms with Gasteiger partial charge in [0.2, 0.25) is 5.91 Å². The highest BCUT2D eigenvalue weighted by molar-refractivity contribution is 7.99. The summed E-state index contributed by atoms with van der Waals surface area (Å²) < 4.78 is 16.4. The van der Waals surface area contributed by atoms with Gasteiger partial charge in [0.25, 0.3) is 0 Å². The number of methoxy groups -OCH3 is 3. The van der Waals surface area contributed by atoms with Crippen LogP contribution < -0.4 is 14.2 Å². The summed E-state index contributed by atoms with van der Waals surface area (Å²) in [5.41, 5.74) is 2.02. The van der Waals surface area contributed by atoms with E-state index < -0.39 is 0 Å². The van der Waals surface area contributed by atoms with Crippen molar-refractivity contribution in [3.05, 3.63) is 53.6 Å². The van der Waals surface area contributed by atoms with Crippen LogP contribution in [0.25, 0.3) is 0 Å². The second-order valence-corrected chi connectivity index (χ2v) is 7.12. The molecule has 1 aliphatic heterocycles. The van der Waals surface area contributed by atoms with Crippen molar-refractivity contribution in [2.45, 2.75) is 18.3 Å². The van der Waals surface area contributed by atoms with Crippen LogP contribution in [0.4, 0.5) is 0 Å². The predicted molar refractivity (Wildman–Crippen MR) is 103 cm³/mol. The summed E-state index contributed by atoms with van der Waals surface area (Å²) in [7, 11) is 4.83. The van der Waals surface area contributed by atoms with E-state index in [-0.39, 0.29) is 11.3 Å². The first-order valence-electron chi connectivity index (χ1n) is 8.42. The predicted octanol–water partition coefficient (Wildman–Crippen LogP) is 3.88. The van der Waals surface area contributed by atoms with Gasteiger partial charge < -0.3 is 19.1 Å². The van der Waals surface area contributed by atoms with Crippen molar-refractivity contribution in [2.24, 2.45) is 0 Å². The van der Waals surface area contributed by atoms with Gasteiger partial charge in [-0.3, -0.25) is 4.79 Å². The van der Waals surface area contributed by atoms with Crippen molar-refractivity contribution < 1.29 is 19.0 Å². The summed E-state index contributed by atoms with van der Waals surface area (Å²) in [5, 5.41) is -0.133. The molecule has 1 fully saturated rings. The highest BCUT2D eigenvalue weighted by atomic mass is 32.2. The zero-order valence-electron chi connectivity index (χ0n) is 15.2. The number of benzene rings is 2. The van der Waals surface area contributed by atoms with Crippen LogP contribution in [0.2, 0.25) is 0 Å². The molecule has 0 N–H and O–H groups in total. The lowest BCUT2D eigenvalue weighted by Gasteiger charge is -2.36. The normalized spacial score (nSPS) is 17.1. The zero-order valence-corrected chi connectivity index (χ0v) is 16.0. The molecule has 2 aromatic rings. The number of hydrogen-bond acceptors (Lipinski definition) is 5. The van der Waals surface area contributed by atoms with Gasteiger partial charge in [-0.2, -0.15) is 0 Å². The van der Waals surface area contributed by atoms with E-state index in [9.17, 15) is 4.79 Å². The third kappa shape index (κ3) is 3.75. The summed E-state index contributed by atoms with van der Waals surface area (Å²) in [4.78, 5) is 14.6. The molecular formula is C20H23NO4S. The molecule has 1 heterocycles.